The van der Waals surface area contributed by atoms with Gasteiger partial charge >= 0.3 is 0 Å². The number of ether oxygens (including phenoxy) is 2. The lowest BCUT2D eigenvalue weighted by Crippen LogP contribution is -2.41. The van der Waals surface area contributed by atoms with Crippen LogP contribution in [0.1, 0.15) is 0 Å². The predicted molar refractivity (Wildman–Crippen MR) is 79.9 cm³/mol. The second-order valence-corrected chi connectivity index (χ2v) is 4.67. The molecular formula is C14H24N4O4. The maximum atomic E-state index is 11.8. The van der Waals surface area contributed by atoms with Crippen molar-refractivity contribution in [3.63, 3.8) is 0 Å². The molecule has 0 unspecified atom stereocenters. The molecule has 0 atom stereocenters. The molecule has 1 amide bonds. The van der Waals surface area contributed by atoms with Crippen molar-refractivity contribution in [1.82, 2.24) is 15.5 Å². The Morgan fingerprint density at radius 3 is 2.82 bits per heavy atom. The van der Waals surface area contributed by atoms with Crippen molar-refractivity contribution in [3.05, 3.63) is 11.8 Å². The first-order valence-corrected chi connectivity index (χ1v) is 7.38. The summed E-state index contributed by atoms with van der Waals surface area (Å²) in [6, 6.07) is 1.86. The van der Waals surface area contributed by atoms with Crippen LogP contribution in [0.2, 0.25) is 0 Å². The Morgan fingerprint density at radius 1 is 1.36 bits per heavy atom. The van der Waals surface area contributed by atoms with Gasteiger partial charge in [0.15, 0.2) is 0 Å². The SMILES string of the molecule is N#C/C(=C/NCCOCCO)C(=O)NCCN1CCOCC1. The molecule has 0 aliphatic carbocycles. The van der Waals surface area contributed by atoms with Gasteiger partial charge < -0.3 is 25.2 Å². The van der Waals surface area contributed by atoms with E-state index in [1.807, 2.05) is 6.07 Å². The zero-order chi connectivity index (χ0) is 16.0. The van der Waals surface area contributed by atoms with Crippen LogP contribution in [0.25, 0.3) is 0 Å². The Hall–Kier alpha value is -1.66. The minimum atomic E-state index is -0.389. The molecule has 1 heterocycles. The van der Waals surface area contributed by atoms with Crippen molar-refractivity contribution in [1.29, 1.82) is 5.26 Å². The lowest BCUT2D eigenvalue weighted by Gasteiger charge is -2.26. The van der Waals surface area contributed by atoms with Gasteiger partial charge in [-0.1, -0.05) is 0 Å². The number of hydrogen-bond donors (Lipinski definition) is 3. The first kappa shape index (κ1) is 18.4. The van der Waals surface area contributed by atoms with E-state index >= 15 is 0 Å². The van der Waals surface area contributed by atoms with Crippen LogP contribution in [0, 0.1) is 11.3 Å². The van der Waals surface area contributed by atoms with Gasteiger partial charge in [-0.25, -0.2) is 0 Å². The Kier molecular flexibility index (Phi) is 9.98. The molecule has 8 heteroatoms. The first-order chi connectivity index (χ1) is 10.8. The van der Waals surface area contributed by atoms with Crippen LogP contribution in [0.3, 0.4) is 0 Å². The Morgan fingerprint density at radius 2 is 2.14 bits per heavy atom. The topological polar surface area (TPSA) is 107 Å². The van der Waals surface area contributed by atoms with E-state index in [1.54, 1.807) is 0 Å². The van der Waals surface area contributed by atoms with Gasteiger partial charge in [0.2, 0.25) is 0 Å². The average molecular weight is 312 g/mol. The second-order valence-electron chi connectivity index (χ2n) is 4.67. The quantitative estimate of drug-likeness (QED) is 0.254. The van der Waals surface area contributed by atoms with Crippen molar-refractivity contribution >= 4 is 5.91 Å². The van der Waals surface area contributed by atoms with Gasteiger partial charge in [-0.15, -0.1) is 0 Å². The molecule has 0 aromatic heterocycles. The van der Waals surface area contributed by atoms with E-state index in [0.717, 1.165) is 32.8 Å². The third-order valence-electron chi connectivity index (χ3n) is 3.06. The molecule has 1 aliphatic heterocycles. The third kappa shape index (κ3) is 7.95. The highest BCUT2D eigenvalue weighted by Gasteiger charge is 2.11. The minimum absolute atomic E-state index is 0.0230. The van der Waals surface area contributed by atoms with Gasteiger partial charge in [-0.3, -0.25) is 9.69 Å². The number of carbonyl (C=O) groups excluding carboxylic acids is 1. The number of nitriles is 1. The summed E-state index contributed by atoms with van der Waals surface area (Å²) in [4.78, 5) is 14.0. The van der Waals surface area contributed by atoms with Gasteiger partial charge in [0, 0.05) is 38.9 Å². The zero-order valence-electron chi connectivity index (χ0n) is 12.7. The Labute approximate surface area is 130 Å². The zero-order valence-corrected chi connectivity index (χ0v) is 12.7. The fraction of sp³-hybridized carbons (Fsp3) is 0.714. The highest BCUT2D eigenvalue weighted by atomic mass is 16.5. The van der Waals surface area contributed by atoms with E-state index in [9.17, 15) is 4.79 Å². The molecule has 0 bridgehead atoms. The summed E-state index contributed by atoms with van der Waals surface area (Å²) in [6.07, 6.45) is 1.38. The largest absolute Gasteiger partial charge is 0.394 e. The minimum Gasteiger partial charge on any atom is -0.394 e. The molecule has 0 radical (unpaired) electrons. The third-order valence-corrected chi connectivity index (χ3v) is 3.06. The van der Waals surface area contributed by atoms with Crippen molar-refractivity contribution in [2.24, 2.45) is 0 Å². The summed E-state index contributed by atoms with van der Waals surface area (Å²) in [5.41, 5.74) is 0.0316. The Balaban J connectivity index is 2.18. The van der Waals surface area contributed by atoms with Crippen molar-refractivity contribution in [2.45, 2.75) is 0 Å². The smallest absolute Gasteiger partial charge is 0.263 e. The van der Waals surface area contributed by atoms with Gasteiger partial charge in [0.05, 0.1) is 33.0 Å². The van der Waals surface area contributed by atoms with Crippen molar-refractivity contribution in [2.75, 3.05) is 65.8 Å². The van der Waals surface area contributed by atoms with Gasteiger partial charge in [-0.05, 0) is 0 Å². The number of rotatable bonds is 10. The number of morpholine rings is 1. The highest BCUT2D eigenvalue weighted by molar-refractivity contribution is 5.97. The summed E-state index contributed by atoms with van der Waals surface area (Å²) in [6.45, 7) is 5.54. The van der Waals surface area contributed by atoms with E-state index in [4.69, 9.17) is 19.8 Å². The highest BCUT2D eigenvalue weighted by Crippen LogP contribution is 1.95. The summed E-state index contributed by atoms with van der Waals surface area (Å²) in [5.74, 6) is -0.389. The van der Waals surface area contributed by atoms with Gasteiger partial charge in [0.25, 0.3) is 5.91 Å². The molecule has 0 aromatic carbocycles. The fourth-order valence-corrected chi connectivity index (χ4v) is 1.87. The molecule has 1 rings (SSSR count). The van der Waals surface area contributed by atoms with Gasteiger partial charge in [0.1, 0.15) is 11.6 Å². The van der Waals surface area contributed by atoms with E-state index < -0.39 is 0 Å². The van der Waals surface area contributed by atoms with E-state index in [-0.39, 0.29) is 24.7 Å². The number of aliphatic hydroxyl groups excluding tert-OH is 1. The van der Waals surface area contributed by atoms with Crippen LogP contribution in [-0.2, 0) is 14.3 Å². The summed E-state index contributed by atoms with van der Waals surface area (Å²) in [7, 11) is 0. The number of aliphatic hydroxyl groups is 1. The maximum Gasteiger partial charge on any atom is 0.263 e. The predicted octanol–water partition coefficient (Wildman–Crippen LogP) is -1.56. The number of carbonyl (C=O) groups is 1. The molecule has 0 spiro atoms. The lowest BCUT2D eigenvalue weighted by atomic mass is 10.3. The van der Waals surface area contributed by atoms with Crippen molar-refractivity contribution < 1.29 is 19.4 Å². The van der Waals surface area contributed by atoms with Crippen LogP contribution in [0.15, 0.2) is 11.8 Å². The van der Waals surface area contributed by atoms with Crippen LogP contribution in [0.5, 0.6) is 0 Å². The normalized spacial score (nSPS) is 16.1. The molecule has 1 fully saturated rings. The molecule has 0 aromatic rings. The average Bonchev–Trinajstić information content (AvgIpc) is 2.55. The van der Waals surface area contributed by atoms with Gasteiger partial charge in [-0.2, -0.15) is 5.26 Å². The van der Waals surface area contributed by atoms with E-state index in [2.05, 4.69) is 15.5 Å². The first-order valence-electron chi connectivity index (χ1n) is 7.38. The molecule has 0 saturated carbocycles. The lowest BCUT2D eigenvalue weighted by molar-refractivity contribution is -0.117. The number of amides is 1. The molecule has 1 saturated heterocycles. The van der Waals surface area contributed by atoms with Crippen LogP contribution in [-0.4, -0.2) is 81.7 Å². The van der Waals surface area contributed by atoms with E-state index in [0.29, 0.717) is 19.7 Å². The molecule has 1 aliphatic rings. The number of nitrogens with one attached hydrogen (secondary N) is 2. The van der Waals surface area contributed by atoms with Crippen LogP contribution >= 0.6 is 0 Å². The van der Waals surface area contributed by atoms with E-state index in [1.165, 1.54) is 6.20 Å². The monoisotopic (exact) mass is 312 g/mol. The number of hydrogen-bond acceptors (Lipinski definition) is 7. The van der Waals surface area contributed by atoms with Crippen LogP contribution in [0.4, 0.5) is 0 Å². The molecule has 124 valence electrons. The maximum absolute atomic E-state index is 11.8. The fourth-order valence-electron chi connectivity index (χ4n) is 1.87. The second kappa shape index (κ2) is 11.9. The molecule has 3 N–H and O–H groups in total. The van der Waals surface area contributed by atoms with Crippen LogP contribution < -0.4 is 10.6 Å². The summed E-state index contributed by atoms with van der Waals surface area (Å²) < 4.78 is 10.3. The molecule has 8 nitrogen and oxygen atoms in total. The summed E-state index contributed by atoms with van der Waals surface area (Å²) >= 11 is 0. The summed E-state index contributed by atoms with van der Waals surface area (Å²) in [5, 5.41) is 23.1. The molecule has 22 heavy (non-hydrogen) atoms. The van der Waals surface area contributed by atoms with Crippen molar-refractivity contribution in [3.8, 4) is 6.07 Å². The molecular weight excluding hydrogens is 288 g/mol. The standard InChI is InChI=1S/C14H24N4O4/c15-11-13(12-16-2-7-21-10-6-19)14(20)17-1-3-18-4-8-22-9-5-18/h12,16,19H,1-10H2,(H,17,20)/b13-12-. The Bertz CT molecular complexity index is 389. The number of nitrogens with zero attached hydrogens (tertiary/aromatic N) is 2.